The van der Waals surface area contributed by atoms with Crippen LogP contribution in [0.3, 0.4) is 0 Å². The van der Waals surface area contributed by atoms with E-state index in [-0.39, 0.29) is 0 Å². The van der Waals surface area contributed by atoms with Crippen molar-refractivity contribution in [3.8, 4) is 22.8 Å². The second kappa shape index (κ2) is 4.46. The van der Waals surface area contributed by atoms with Crippen molar-refractivity contribution in [3.63, 3.8) is 0 Å². The Balaban J connectivity index is 1.84. The van der Waals surface area contributed by atoms with Gasteiger partial charge in [0.25, 0.3) is 0 Å². The molecule has 4 heteroatoms. The minimum absolute atomic E-state index is 0.725. The molecule has 0 bridgehead atoms. The molecule has 0 N–H and O–H groups in total. The van der Waals surface area contributed by atoms with Crippen molar-refractivity contribution in [2.45, 2.75) is 13.0 Å². The molecule has 0 atom stereocenters. The van der Waals surface area contributed by atoms with E-state index in [4.69, 9.17) is 16.6 Å². The van der Waals surface area contributed by atoms with Gasteiger partial charge >= 0.3 is 0 Å². The highest BCUT2D eigenvalue weighted by Gasteiger charge is 2.19. The van der Waals surface area contributed by atoms with Crippen LogP contribution in [0.1, 0.15) is 5.56 Å². The summed E-state index contributed by atoms with van der Waals surface area (Å²) in [5.74, 6) is 1.71. The summed E-state index contributed by atoms with van der Waals surface area (Å²) in [5, 5.41) is 5.34. The summed E-state index contributed by atoms with van der Waals surface area (Å²) < 4.78 is 1.99. The molecule has 3 aromatic rings. The van der Waals surface area contributed by atoms with Gasteiger partial charge in [-0.25, -0.2) is 9.67 Å². The predicted molar refractivity (Wildman–Crippen MR) is 79.6 cm³/mol. The molecule has 0 spiro atoms. The summed E-state index contributed by atoms with van der Waals surface area (Å²) >= 11 is 5.92. The zero-order chi connectivity index (χ0) is 13.5. The minimum atomic E-state index is 0.725. The fourth-order valence-corrected chi connectivity index (χ4v) is 2.73. The maximum absolute atomic E-state index is 5.92. The Kier molecular flexibility index (Phi) is 2.60. The lowest BCUT2D eigenvalue weighted by atomic mass is 10.0. The van der Waals surface area contributed by atoms with E-state index >= 15 is 0 Å². The van der Waals surface area contributed by atoms with Gasteiger partial charge in [-0.1, -0.05) is 35.9 Å². The summed E-state index contributed by atoms with van der Waals surface area (Å²) in [7, 11) is 0. The lowest BCUT2D eigenvalue weighted by molar-refractivity contribution is 0.607. The third-order valence-electron chi connectivity index (χ3n) is 3.63. The Morgan fingerprint density at radius 3 is 2.65 bits per heavy atom. The van der Waals surface area contributed by atoms with E-state index in [2.05, 4.69) is 23.3 Å². The van der Waals surface area contributed by atoms with Crippen molar-refractivity contribution in [2.75, 3.05) is 0 Å². The quantitative estimate of drug-likeness (QED) is 0.679. The maximum atomic E-state index is 5.92. The second-order valence-corrected chi connectivity index (χ2v) is 5.33. The first-order chi connectivity index (χ1) is 9.81. The van der Waals surface area contributed by atoms with Gasteiger partial charge in [0, 0.05) is 22.7 Å². The average molecular weight is 282 g/mol. The van der Waals surface area contributed by atoms with Gasteiger partial charge in [0.05, 0.1) is 0 Å². The maximum Gasteiger partial charge on any atom is 0.181 e. The van der Waals surface area contributed by atoms with Gasteiger partial charge < -0.3 is 0 Å². The van der Waals surface area contributed by atoms with Gasteiger partial charge in [0.2, 0.25) is 0 Å². The molecule has 0 saturated heterocycles. The zero-order valence-electron chi connectivity index (χ0n) is 10.8. The molecule has 1 aromatic heterocycles. The molecule has 1 aliphatic heterocycles. The van der Waals surface area contributed by atoms with E-state index in [0.29, 0.717) is 0 Å². The van der Waals surface area contributed by atoms with Crippen molar-refractivity contribution in [1.29, 1.82) is 0 Å². The number of fused-ring (bicyclic) bond motifs is 3. The van der Waals surface area contributed by atoms with E-state index in [1.165, 1.54) is 11.1 Å². The molecule has 0 amide bonds. The largest absolute Gasteiger partial charge is 0.245 e. The monoisotopic (exact) mass is 281 g/mol. The highest BCUT2D eigenvalue weighted by atomic mass is 35.5. The normalized spacial score (nSPS) is 12.8. The van der Waals surface area contributed by atoms with Crippen molar-refractivity contribution in [3.05, 3.63) is 59.1 Å². The topological polar surface area (TPSA) is 30.7 Å². The van der Waals surface area contributed by atoms with Gasteiger partial charge in [0.1, 0.15) is 0 Å². The van der Waals surface area contributed by atoms with E-state index in [1.54, 1.807) is 0 Å². The highest BCUT2D eigenvalue weighted by Crippen LogP contribution is 2.29. The minimum Gasteiger partial charge on any atom is -0.245 e. The second-order valence-electron chi connectivity index (χ2n) is 4.90. The predicted octanol–water partition coefficient (Wildman–Crippen LogP) is 3.82. The first-order valence-corrected chi connectivity index (χ1v) is 6.98. The Bertz CT molecular complexity index is 775. The van der Waals surface area contributed by atoms with Crippen LogP contribution in [-0.2, 0) is 13.0 Å². The summed E-state index contributed by atoms with van der Waals surface area (Å²) in [5.41, 5.74) is 3.52. The molecule has 0 fully saturated rings. The Labute approximate surface area is 121 Å². The third-order valence-corrected chi connectivity index (χ3v) is 3.88. The zero-order valence-corrected chi connectivity index (χ0v) is 11.5. The summed E-state index contributed by atoms with van der Waals surface area (Å²) in [6.45, 7) is 0.882. The SMILES string of the molecule is Clc1ccc(-c2nc3n(n2)CCc2ccccc2-3)cc1. The van der Waals surface area contributed by atoms with Gasteiger partial charge in [-0.3, -0.25) is 0 Å². The van der Waals surface area contributed by atoms with Crippen molar-refractivity contribution >= 4 is 11.6 Å². The fourth-order valence-electron chi connectivity index (χ4n) is 2.60. The van der Waals surface area contributed by atoms with E-state index in [1.807, 2.05) is 35.0 Å². The fraction of sp³-hybridized carbons (Fsp3) is 0.125. The van der Waals surface area contributed by atoms with Crippen LogP contribution in [0.5, 0.6) is 0 Å². The molecule has 0 saturated carbocycles. The first kappa shape index (κ1) is 11.7. The lowest BCUT2D eigenvalue weighted by Crippen LogP contribution is -2.11. The van der Waals surface area contributed by atoms with Crippen LogP contribution in [0.2, 0.25) is 5.02 Å². The van der Waals surface area contributed by atoms with Gasteiger partial charge in [0.15, 0.2) is 11.6 Å². The summed E-state index contributed by atoms with van der Waals surface area (Å²) in [6.07, 6.45) is 1.01. The summed E-state index contributed by atoms with van der Waals surface area (Å²) in [6, 6.07) is 16.0. The van der Waals surface area contributed by atoms with Crippen LogP contribution < -0.4 is 0 Å². The number of benzene rings is 2. The number of hydrogen-bond donors (Lipinski definition) is 0. The number of aryl methyl sites for hydroxylation is 2. The molecule has 98 valence electrons. The molecule has 2 aromatic carbocycles. The number of nitrogens with zero attached hydrogens (tertiary/aromatic N) is 3. The standard InChI is InChI=1S/C16H12ClN3/c17-13-7-5-12(6-8-13)15-18-16-14-4-2-1-3-11(14)9-10-20(16)19-15/h1-8H,9-10H2. The van der Waals surface area contributed by atoms with Crippen LogP contribution in [0, 0.1) is 0 Å². The van der Waals surface area contributed by atoms with Crippen LogP contribution >= 0.6 is 11.6 Å². The van der Waals surface area contributed by atoms with E-state index in [9.17, 15) is 0 Å². The summed E-state index contributed by atoms with van der Waals surface area (Å²) in [4.78, 5) is 4.70. The Hall–Kier alpha value is -2.13. The first-order valence-electron chi connectivity index (χ1n) is 6.60. The molecule has 3 nitrogen and oxygen atoms in total. The lowest BCUT2D eigenvalue weighted by Gasteiger charge is -2.15. The van der Waals surface area contributed by atoms with Gasteiger partial charge in [-0.2, -0.15) is 5.10 Å². The van der Waals surface area contributed by atoms with Crippen molar-refractivity contribution in [2.24, 2.45) is 0 Å². The smallest absolute Gasteiger partial charge is 0.181 e. The number of hydrogen-bond acceptors (Lipinski definition) is 2. The third kappa shape index (κ3) is 1.82. The van der Waals surface area contributed by atoms with E-state index in [0.717, 1.165) is 35.2 Å². The molecule has 0 aliphatic carbocycles. The molecular weight excluding hydrogens is 270 g/mol. The number of halogens is 1. The van der Waals surface area contributed by atoms with Crippen LogP contribution in [-0.4, -0.2) is 14.8 Å². The van der Waals surface area contributed by atoms with E-state index < -0.39 is 0 Å². The molecule has 20 heavy (non-hydrogen) atoms. The molecule has 0 unspecified atom stereocenters. The Morgan fingerprint density at radius 1 is 1.00 bits per heavy atom. The van der Waals surface area contributed by atoms with Crippen molar-refractivity contribution in [1.82, 2.24) is 14.8 Å². The van der Waals surface area contributed by atoms with Gasteiger partial charge in [-0.15, -0.1) is 0 Å². The number of rotatable bonds is 1. The number of aromatic nitrogens is 3. The van der Waals surface area contributed by atoms with Crippen LogP contribution in [0.15, 0.2) is 48.5 Å². The molecule has 4 rings (SSSR count). The molecule has 2 heterocycles. The van der Waals surface area contributed by atoms with Gasteiger partial charge in [-0.05, 0) is 36.2 Å². The highest BCUT2D eigenvalue weighted by molar-refractivity contribution is 6.30. The molecule has 0 radical (unpaired) electrons. The molecular formula is C16H12ClN3. The molecule has 1 aliphatic rings. The van der Waals surface area contributed by atoms with Crippen LogP contribution in [0.25, 0.3) is 22.8 Å². The average Bonchev–Trinajstić information content (AvgIpc) is 2.92. The Morgan fingerprint density at radius 2 is 1.80 bits per heavy atom. The van der Waals surface area contributed by atoms with Crippen molar-refractivity contribution < 1.29 is 0 Å². The van der Waals surface area contributed by atoms with Crippen LogP contribution in [0.4, 0.5) is 0 Å².